The van der Waals surface area contributed by atoms with E-state index in [9.17, 15) is 14.4 Å². The van der Waals surface area contributed by atoms with Gasteiger partial charge in [0, 0.05) is 24.6 Å². The van der Waals surface area contributed by atoms with Crippen LogP contribution in [0.25, 0.3) is 0 Å². The van der Waals surface area contributed by atoms with Gasteiger partial charge in [-0.15, -0.1) is 0 Å². The molecule has 2 fully saturated rings. The molecule has 1 saturated heterocycles. The Morgan fingerprint density at radius 3 is 2.52 bits per heavy atom. The Morgan fingerprint density at radius 2 is 1.88 bits per heavy atom. The quantitative estimate of drug-likeness (QED) is 0.802. The smallest absolute Gasteiger partial charge is 0.305 e. The normalized spacial score (nSPS) is 19.6. The molecule has 134 valence electrons. The lowest BCUT2D eigenvalue weighted by atomic mass is 10.1. The fourth-order valence-electron chi connectivity index (χ4n) is 3.20. The van der Waals surface area contributed by atoms with Gasteiger partial charge in [-0.05, 0) is 49.8 Å². The highest BCUT2D eigenvalue weighted by Gasteiger charge is 2.40. The second-order valence-electron chi connectivity index (χ2n) is 6.73. The van der Waals surface area contributed by atoms with Crippen LogP contribution < -0.4 is 5.32 Å². The van der Waals surface area contributed by atoms with Gasteiger partial charge in [0.05, 0.1) is 7.11 Å². The Kier molecular flexibility index (Phi) is 5.36. The molecule has 1 aromatic carbocycles. The lowest BCUT2D eigenvalue weighted by molar-refractivity contribution is -0.140. The molecule has 1 aliphatic carbocycles. The standard InChI is InChI=1S/C19H24N2O4/c1-25-17(22)11-6-13-4-9-15(10-5-13)20-18(23)16-3-2-12-21(16)19(24)14-7-8-14/h4-5,9-10,14,16H,2-3,6-8,11-12H2,1H3,(H,20,23)/t16-/m1/s1. The number of likely N-dealkylation sites (tertiary alicyclic amines) is 1. The van der Waals surface area contributed by atoms with E-state index in [1.54, 1.807) is 4.90 Å². The van der Waals surface area contributed by atoms with E-state index in [1.165, 1.54) is 7.11 Å². The van der Waals surface area contributed by atoms with Gasteiger partial charge in [0.25, 0.3) is 0 Å². The maximum atomic E-state index is 12.5. The van der Waals surface area contributed by atoms with Crippen molar-refractivity contribution in [2.75, 3.05) is 19.0 Å². The van der Waals surface area contributed by atoms with E-state index >= 15 is 0 Å². The fourth-order valence-corrected chi connectivity index (χ4v) is 3.20. The molecule has 0 spiro atoms. The molecule has 1 N–H and O–H groups in total. The van der Waals surface area contributed by atoms with Gasteiger partial charge >= 0.3 is 5.97 Å². The second-order valence-corrected chi connectivity index (χ2v) is 6.73. The van der Waals surface area contributed by atoms with Crippen molar-refractivity contribution in [1.29, 1.82) is 0 Å². The molecule has 0 unspecified atom stereocenters. The van der Waals surface area contributed by atoms with E-state index < -0.39 is 0 Å². The van der Waals surface area contributed by atoms with Gasteiger partial charge < -0.3 is 15.0 Å². The van der Waals surface area contributed by atoms with Crippen LogP contribution in [0.3, 0.4) is 0 Å². The van der Waals surface area contributed by atoms with E-state index in [0.717, 1.165) is 31.2 Å². The van der Waals surface area contributed by atoms with Gasteiger partial charge in [0.2, 0.25) is 11.8 Å². The number of hydrogen-bond acceptors (Lipinski definition) is 4. The summed E-state index contributed by atoms with van der Waals surface area (Å²) >= 11 is 0. The van der Waals surface area contributed by atoms with E-state index in [2.05, 4.69) is 10.1 Å². The zero-order chi connectivity index (χ0) is 17.8. The van der Waals surface area contributed by atoms with Crippen molar-refractivity contribution in [3.8, 4) is 0 Å². The van der Waals surface area contributed by atoms with Gasteiger partial charge in [-0.3, -0.25) is 14.4 Å². The minimum atomic E-state index is -0.355. The highest BCUT2D eigenvalue weighted by atomic mass is 16.5. The van der Waals surface area contributed by atoms with Crippen molar-refractivity contribution in [3.63, 3.8) is 0 Å². The Hall–Kier alpha value is -2.37. The van der Waals surface area contributed by atoms with Crippen molar-refractivity contribution < 1.29 is 19.1 Å². The molecule has 0 bridgehead atoms. The SMILES string of the molecule is COC(=O)CCc1ccc(NC(=O)[C@H]2CCCN2C(=O)C2CC2)cc1. The fraction of sp³-hybridized carbons (Fsp3) is 0.526. The molecule has 1 saturated carbocycles. The predicted octanol–water partition coefficient (Wildman–Crippen LogP) is 2.13. The molecule has 1 atom stereocenters. The van der Waals surface area contributed by atoms with Crippen molar-refractivity contribution in [2.45, 2.75) is 44.6 Å². The van der Waals surface area contributed by atoms with Gasteiger partial charge in [-0.2, -0.15) is 0 Å². The molecule has 1 aliphatic heterocycles. The number of carbonyl (C=O) groups is 3. The van der Waals surface area contributed by atoms with Gasteiger partial charge in [-0.1, -0.05) is 12.1 Å². The van der Waals surface area contributed by atoms with E-state index in [0.29, 0.717) is 25.1 Å². The molecule has 2 aliphatic rings. The molecule has 1 aromatic rings. The summed E-state index contributed by atoms with van der Waals surface area (Å²) in [4.78, 5) is 37.7. The number of amides is 2. The number of methoxy groups -OCH3 is 1. The molecule has 3 rings (SSSR count). The Labute approximate surface area is 147 Å². The lowest BCUT2D eigenvalue weighted by Gasteiger charge is -2.24. The molecular weight excluding hydrogens is 320 g/mol. The summed E-state index contributed by atoms with van der Waals surface area (Å²) in [5.74, 6) is -0.0776. The first-order chi connectivity index (χ1) is 12.1. The number of nitrogens with one attached hydrogen (secondary N) is 1. The molecule has 0 aromatic heterocycles. The summed E-state index contributed by atoms with van der Waals surface area (Å²) in [5.41, 5.74) is 1.72. The lowest BCUT2D eigenvalue weighted by Crippen LogP contribution is -2.43. The molecular formula is C19H24N2O4. The third-order valence-corrected chi connectivity index (χ3v) is 4.83. The van der Waals surface area contributed by atoms with Gasteiger partial charge in [0.1, 0.15) is 6.04 Å². The maximum absolute atomic E-state index is 12.5. The second kappa shape index (κ2) is 7.68. The average Bonchev–Trinajstić information content (AvgIpc) is 3.36. The van der Waals surface area contributed by atoms with Gasteiger partial charge in [-0.25, -0.2) is 0 Å². The first-order valence-corrected chi connectivity index (χ1v) is 8.85. The summed E-state index contributed by atoms with van der Waals surface area (Å²) in [6.45, 7) is 0.680. The minimum Gasteiger partial charge on any atom is -0.469 e. The van der Waals surface area contributed by atoms with Crippen LogP contribution in [0.4, 0.5) is 5.69 Å². The Bertz CT molecular complexity index is 652. The number of aryl methyl sites for hydroxylation is 1. The maximum Gasteiger partial charge on any atom is 0.305 e. The molecule has 0 radical (unpaired) electrons. The Balaban J connectivity index is 1.55. The number of benzene rings is 1. The predicted molar refractivity (Wildman–Crippen MR) is 92.9 cm³/mol. The summed E-state index contributed by atoms with van der Waals surface area (Å²) in [6, 6.07) is 7.08. The molecule has 6 nitrogen and oxygen atoms in total. The van der Waals surface area contributed by atoms with E-state index in [1.807, 2.05) is 24.3 Å². The molecule has 25 heavy (non-hydrogen) atoms. The summed E-state index contributed by atoms with van der Waals surface area (Å²) < 4.78 is 4.63. The first-order valence-electron chi connectivity index (χ1n) is 8.85. The highest BCUT2D eigenvalue weighted by Crippen LogP contribution is 2.33. The average molecular weight is 344 g/mol. The topological polar surface area (TPSA) is 75.7 Å². The zero-order valence-corrected chi connectivity index (χ0v) is 14.5. The minimum absolute atomic E-state index is 0.117. The van der Waals surface area contributed by atoms with Crippen LogP contribution in [0, 0.1) is 5.92 Å². The van der Waals surface area contributed by atoms with Crippen LogP contribution in [0.1, 0.15) is 37.7 Å². The summed E-state index contributed by atoms with van der Waals surface area (Å²) in [7, 11) is 1.38. The Morgan fingerprint density at radius 1 is 1.16 bits per heavy atom. The number of nitrogens with zero attached hydrogens (tertiary/aromatic N) is 1. The summed E-state index contributed by atoms with van der Waals surface area (Å²) in [6.07, 6.45) is 4.45. The van der Waals surface area contributed by atoms with Crippen LogP contribution >= 0.6 is 0 Å². The largest absolute Gasteiger partial charge is 0.469 e. The number of esters is 1. The molecule has 6 heteroatoms. The zero-order valence-electron chi connectivity index (χ0n) is 14.5. The van der Waals surface area contributed by atoms with Crippen LogP contribution in [-0.4, -0.2) is 42.4 Å². The monoisotopic (exact) mass is 344 g/mol. The van der Waals surface area contributed by atoms with Crippen molar-refractivity contribution in [2.24, 2.45) is 5.92 Å². The number of rotatable bonds is 6. The number of anilines is 1. The van der Waals surface area contributed by atoms with E-state index in [4.69, 9.17) is 0 Å². The number of hydrogen-bond donors (Lipinski definition) is 1. The third-order valence-electron chi connectivity index (χ3n) is 4.83. The van der Waals surface area contributed by atoms with Crippen LogP contribution in [0.2, 0.25) is 0 Å². The van der Waals surface area contributed by atoms with E-state index in [-0.39, 0.29) is 29.7 Å². The molecule has 1 heterocycles. The first kappa shape index (κ1) is 17.5. The van der Waals surface area contributed by atoms with Crippen molar-refractivity contribution >= 4 is 23.5 Å². The summed E-state index contributed by atoms with van der Waals surface area (Å²) in [5, 5.41) is 2.91. The van der Waals surface area contributed by atoms with Crippen LogP contribution in [0.5, 0.6) is 0 Å². The number of carbonyl (C=O) groups excluding carboxylic acids is 3. The third kappa shape index (κ3) is 4.38. The van der Waals surface area contributed by atoms with Crippen LogP contribution in [0.15, 0.2) is 24.3 Å². The highest BCUT2D eigenvalue weighted by molar-refractivity contribution is 5.98. The van der Waals surface area contributed by atoms with Crippen molar-refractivity contribution in [3.05, 3.63) is 29.8 Å². The van der Waals surface area contributed by atoms with Crippen LogP contribution in [-0.2, 0) is 25.5 Å². The van der Waals surface area contributed by atoms with Crippen molar-refractivity contribution in [1.82, 2.24) is 4.90 Å². The number of ether oxygens (including phenoxy) is 1. The molecule has 2 amide bonds. The van der Waals surface area contributed by atoms with Gasteiger partial charge in [0.15, 0.2) is 0 Å².